The molecule has 0 saturated carbocycles. The van der Waals surface area contributed by atoms with Crippen LogP contribution < -0.4 is 11.1 Å². The number of carbonyl (C=O) groups is 2. The molecular weight excluding hydrogens is 498 g/mol. The van der Waals surface area contributed by atoms with Crippen molar-refractivity contribution >= 4 is 21.8 Å². The van der Waals surface area contributed by atoms with Gasteiger partial charge in [0.05, 0.1) is 23.7 Å². The van der Waals surface area contributed by atoms with Gasteiger partial charge in [0, 0.05) is 26.7 Å². The highest BCUT2D eigenvalue weighted by atomic mass is 32.2. The summed E-state index contributed by atoms with van der Waals surface area (Å²) < 4.78 is 36.6. The normalized spacial score (nSPS) is 13.3. The summed E-state index contributed by atoms with van der Waals surface area (Å²) in [7, 11) is -2.29. The molecule has 0 heterocycles. The maximum Gasteiger partial charge on any atom is 0.407 e. The van der Waals surface area contributed by atoms with E-state index in [1.165, 1.54) is 12.0 Å². The summed E-state index contributed by atoms with van der Waals surface area (Å²) in [6.45, 7) is 5.86. The Kier molecular flexibility index (Phi) is 15.4. The molecule has 0 unspecified atom stereocenters. The number of aliphatic hydroxyl groups is 1. The van der Waals surface area contributed by atoms with E-state index in [0.717, 1.165) is 17.5 Å². The number of ether oxygens (including phenoxy) is 2. The van der Waals surface area contributed by atoms with Crippen molar-refractivity contribution in [1.82, 2.24) is 10.2 Å². The molecule has 1 rings (SSSR count). The minimum atomic E-state index is -3.74. The van der Waals surface area contributed by atoms with E-state index in [2.05, 4.69) is 5.32 Å². The van der Waals surface area contributed by atoms with Gasteiger partial charge in [-0.15, -0.1) is 0 Å². The van der Waals surface area contributed by atoms with Crippen LogP contribution in [0.15, 0.2) is 24.3 Å². The Labute approximate surface area is 221 Å². The lowest BCUT2D eigenvalue weighted by atomic mass is 10.1. The number of nitrogens with one attached hydrogen (secondary N) is 1. The lowest BCUT2D eigenvalue weighted by Gasteiger charge is -2.30. The molecule has 0 spiro atoms. The molecule has 0 bridgehead atoms. The number of sulfone groups is 1. The fourth-order valence-corrected chi connectivity index (χ4v) is 6.19. The van der Waals surface area contributed by atoms with Crippen LogP contribution in [0.2, 0.25) is 0 Å². The van der Waals surface area contributed by atoms with E-state index >= 15 is 0 Å². The van der Waals surface area contributed by atoms with E-state index in [0.29, 0.717) is 25.7 Å². The minimum absolute atomic E-state index is 0.0519. The molecule has 11 heteroatoms. The zero-order valence-electron chi connectivity index (χ0n) is 22.6. The van der Waals surface area contributed by atoms with Crippen LogP contribution in [0, 0.1) is 0 Å². The van der Waals surface area contributed by atoms with Gasteiger partial charge in [0.25, 0.3) is 0 Å². The first-order chi connectivity index (χ1) is 17.6. The van der Waals surface area contributed by atoms with E-state index in [4.69, 9.17) is 15.2 Å². The highest BCUT2D eigenvalue weighted by Gasteiger charge is 2.35. The average Bonchev–Trinajstić information content (AvgIpc) is 2.87. The van der Waals surface area contributed by atoms with Crippen molar-refractivity contribution in [2.75, 3.05) is 39.2 Å². The number of amides is 2. The van der Waals surface area contributed by atoms with Gasteiger partial charge in [0.1, 0.15) is 12.6 Å². The zero-order valence-corrected chi connectivity index (χ0v) is 23.5. The smallest absolute Gasteiger partial charge is 0.407 e. The van der Waals surface area contributed by atoms with Gasteiger partial charge in [-0.2, -0.15) is 0 Å². The molecule has 10 nitrogen and oxygen atoms in total. The van der Waals surface area contributed by atoms with Crippen molar-refractivity contribution in [2.45, 2.75) is 76.8 Å². The molecule has 0 aliphatic heterocycles. The van der Waals surface area contributed by atoms with E-state index in [-0.39, 0.29) is 32.8 Å². The Hall–Kier alpha value is -2.21. The molecule has 0 fully saturated rings. The Bertz CT molecular complexity index is 921. The number of nitrogens with zero attached hydrogens (tertiary/aromatic N) is 1. The molecule has 1 aromatic carbocycles. The number of hydrogen-bond acceptors (Lipinski definition) is 8. The third kappa shape index (κ3) is 11.8. The molecule has 0 aliphatic rings. The van der Waals surface area contributed by atoms with Crippen molar-refractivity contribution in [1.29, 1.82) is 0 Å². The maximum atomic E-state index is 13.7. The number of alkyl carbamates (subject to hydrolysis) is 1. The van der Waals surface area contributed by atoms with Crippen LogP contribution in [-0.4, -0.2) is 87.0 Å². The predicted octanol–water partition coefficient (Wildman–Crippen LogP) is 2.02. The zero-order chi connectivity index (χ0) is 27.8. The number of nitrogens with two attached hydrogens (primary N) is 1. The van der Waals surface area contributed by atoms with Crippen molar-refractivity contribution in [3.8, 4) is 0 Å². The Balaban J connectivity index is 3.31. The standard InChI is InChI=1S/C26H45N3O7S/c1-5-9-23(10-6-2)37(33,34)19-24(28-26(32)36-14-13-35-4)25(31)29(18-22(30)16-27)17-21-12-8-11-20(7-3)15-21/h8,11-12,15,22-24,30H,5-7,9-10,13-14,16-19,27H2,1-4H3,(H,28,32)/t22-,24+/m0/s1. The van der Waals surface area contributed by atoms with Gasteiger partial charge in [-0.3, -0.25) is 4.79 Å². The number of aryl methyl sites for hydroxylation is 1. The maximum absolute atomic E-state index is 13.7. The molecule has 2 amide bonds. The molecule has 0 aromatic heterocycles. The van der Waals surface area contributed by atoms with Crippen LogP contribution in [-0.2, 0) is 37.1 Å². The summed E-state index contributed by atoms with van der Waals surface area (Å²) in [6, 6.07) is 6.26. The van der Waals surface area contributed by atoms with Crippen LogP contribution in [0.5, 0.6) is 0 Å². The van der Waals surface area contributed by atoms with E-state index in [1.807, 2.05) is 45.0 Å². The summed E-state index contributed by atoms with van der Waals surface area (Å²) in [5.41, 5.74) is 7.50. The van der Waals surface area contributed by atoms with Gasteiger partial charge in [-0.25, -0.2) is 13.2 Å². The summed E-state index contributed by atoms with van der Waals surface area (Å²) in [4.78, 5) is 27.6. The molecule has 0 radical (unpaired) electrons. The van der Waals surface area contributed by atoms with Gasteiger partial charge >= 0.3 is 6.09 Å². The van der Waals surface area contributed by atoms with Gasteiger partial charge in [-0.1, -0.05) is 57.9 Å². The lowest BCUT2D eigenvalue weighted by molar-refractivity contribution is -0.134. The number of rotatable bonds is 18. The van der Waals surface area contributed by atoms with Crippen LogP contribution >= 0.6 is 0 Å². The number of methoxy groups -OCH3 is 1. The molecule has 2 atom stereocenters. The molecule has 0 saturated heterocycles. The van der Waals surface area contributed by atoms with Crippen molar-refractivity contribution in [2.24, 2.45) is 5.73 Å². The molecule has 0 aliphatic carbocycles. The summed E-state index contributed by atoms with van der Waals surface area (Å²) >= 11 is 0. The predicted molar refractivity (Wildman–Crippen MR) is 144 cm³/mol. The fourth-order valence-electron chi connectivity index (χ4n) is 4.04. The minimum Gasteiger partial charge on any atom is -0.447 e. The molecule has 4 N–H and O–H groups in total. The second-order valence-corrected chi connectivity index (χ2v) is 11.5. The first-order valence-electron chi connectivity index (χ1n) is 13.0. The second kappa shape index (κ2) is 17.3. The number of carbonyl (C=O) groups excluding carboxylic acids is 2. The van der Waals surface area contributed by atoms with Gasteiger partial charge in [0.15, 0.2) is 9.84 Å². The van der Waals surface area contributed by atoms with Crippen LogP contribution in [0.3, 0.4) is 0 Å². The van der Waals surface area contributed by atoms with Crippen LogP contribution in [0.25, 0.3) is 0 Å². The number of hydrogen-bond donors (Lipinski definition) is 3. The number of aliphatic hydroxyl groups excluding tert-OH is 1. The highest BCUT2D eigenvalue weighted by molar-refractivity contribution is 7.92. The highest BCUT2D eigenvalue weighted by Crippen LogP contribution is 2.18. The summed E-state index contributed by atoms with van der Waals surface area (Å²) in [5.74, 6) is -1.20. The van der Waals surface area contributed by atoms with E-state index in [9.17, 15) is 23.1 Å². The monoisotopic (exact) mass is 543 g/mol. The van der Waals surface area contributed by atoms with Crippen LogP contribution in [0.4, 0.5) is 4.79 Å². The average molecular weight is 544 g/mol. The first-order valence-corrected chi connectivity index (χ1v) is 14.7. The SMILES string of the molecule is CCCC(CCC)S(=O)(=O)C[C@@H](NC(=O)OCCOC)C(=O)N(Cc1cccc(CC)c1)C[C@@H](O)CN. The molecule has 212 valence electrons. The first kappa shape index (κ1) is 32.8. The fraction of sp³-hybridized carbons (Fsp3) is 0.692. The third-order valence-corrected chi connectivity index (χ3v) is 8.31. The Morgan fingerprint density at radius 3 is 2.32 bits per heavy atom. The van der Waals surface area contributed by atoms with Crippen molar-refractivity contribution in [3.05, 3.63) is 35.4 Å². The van der Waals surface area contributed by atoms with Gasteiger partial charge in [-0.05, 0) is 30.4 Å². The topological polar surface area (TPSA) is 148 Å². The summed E-state index contributed by atoms with van der Waals surface area (Å²) in [6.07, 6.45) is 1.16. The van der Waals surface area contributed by atoms with E-state index in [1.54, 1.807) is 0 Å². The molecule has 37 heavy (non-hydrogen) atoms. The molecule has 1 aromatic rings. The largest absolute Gasteiger partial charge is 0.447 e. The molecular formula is C26H45N3O7S. The van der Waals surface area contributed by atoms with Crippen molar-refractivity contribution < 1.29 is 32.6 Å². The van der Waals surface area contributed by atoms with E-state index < -0.39 is 45.0 Å². The van der Waals surface area contributed by atoms with Gasteiger partial charge in [0.2, 0.25) is 5.91 Å². The Morgan fingerprint density at radius 1 is 1.11 bits per heavy atom. The second-order valence-electron chi connectivity index (χ2n) is 9.14. The van der Waals surface area contributed by atoms with Gasteiger partial charge < -0.3 is 30.5 Å². The number of benzene rings is 1. The quantitative estimate of drug-likeness (QED) is 0.238. The van der Waals surface area contributed by atoms with Crippen molar-refractivity contribution in [3.63, 3.8) is 0 Å². The third-order valence-electron chi connectivity index (χ3n) is 6.03. The summed E-state index contributed by atoms with van der Waals surface area (Å²) in [5, 5.41) is 12.1. The van der Waals surface area contributed by atoms with Crippen LogP contribution in [0.1, 0.15) is 57.6 Å². The lowest BCUT2D eigenvalue weighted by Crippen LogP contribution is -2.54. The Morgan fingerprint density at radius 2 is 1.76 bits per heavy atom.